The zero-order chi connectivity index (χ0) is 21.5. The number of aromatic nitrogens is 2. The van der Waals surface area contributed by atoms with E-state index in [-0.39, 0.29) is 18.2 Å². The van der Waals surface area contributed by atoms with Gasteiger partial charge >= 0.3 is 6.09 Å². The summed E-state index contributed by atoms with van der Waals surface area (Å²) in [5.41, 5.74) is 0.965. The van der Waals surface area contributed by atoms with Gasteiger partial charge in [0.25, 0.3) is 0 Å². The van der Waals surface area contributed by atoms with Gasteiger partial charge in [0.05, 0.1) is 5.39 Å². The highest BCUT2D eigenvalue weighted by Crippen LogP contribution is 2.47. The lowest BCUT2D eigenvalue weighted by Crippen LogP contribution is -2.43. The summed E-state index contributed by atoms with van der Waals surface area (Å²) in [5, 5.41) is 1.15. The van der Waals surface area contributed by atoms with Crippen molar-refractivity contribution in [2.75, 3.05) is 7.05 Å². The van der Waals surface area contributed by atoms with Crippen LogP contribution in [0, 0.1) is 0 Å². The summed E-state index contributed by atoms with van der Waals surface area (Å²) in [6, 6.07) is 0.194. The minimum atomic E-state index is -0.471. The van der Waals surface area contributed by atoms with Gasteiger partial charge in [-0.1, -0.05) is 6.92 Å². The van der Waals surface area contributed by atoms with Gasteiger partial charge in [-0.3, -0.25) is 0 Å². The molecule has 1 fully saturated rings. The molecule has 30 heavy (non-hydrogen) atoms. The van der Waals surface area contributed by atoms with Gasteiger partial charge in [-0.05, 0) is 77.2 Å². The first-order valence-corrected chi connectivity index (χ1v) is 12.0. The van der Waals surface area contributed by atoms with Gasteiger partial charge in [0.1, 0.15) is 22.9 Å². The standard InChI is InChI=1S/C23H33N3O3S/c1-6-14-7-12-17-18(14)19-20(24-13-25-21(19)30-17)28-16-10-8-15(9-11-16)26(5)22(27)29-23(2,3)4/h13-16H,6-12H2,1-5H3. The molecule has 0 saturated heterocycles. The first-order valence-electron chi connectivity index (χ1n) is 11.2. The van der Waals surface area contributed by atoms with Crippen molar-refractivity contribution >= 4 is 27.6 Å². The fourth-order valence-corrected chi connectivity index (χ4v) is 5.96. The fraction of sp³-hybridized carbons (Fsp3) is 0.696. The molecule has 2 aliphatic rings. The molecule has 7 heteroatoms. The highest BCUT2D eigenvalue weighted by molar-refractivity contribution is 7.19. The molecule has 4 rings (SSSR count). The maximum Gasteiger partial charge on any atom is 0.410 e. The smallest absolute Gasteiger partial charge is 0.410 e. The van der Waals surface area contributed by atoms with Crippen LogP contribution in [0.4, 0.5) is 4.79 Å². The lowest BCUT2D eigenvalue weighted by atomic mass is 9.92. The number of ether oxygens (including phenoxy) is 2. The Labute approximate surface area is 183 Å². The molecule has 0 N–H and O–H groups in total. The minimum absolute atomic E-state index is 0.128. The van der Waals surface area contributed by atoms with Gasteiger partial charge in [0, 0.05) is 18.0 Å². The molecule has 0 aliphatic heterocycles. The second-order valence-corrected chi connectivity index (χ2v) is 10.7. The predicted molar refractivity (Wildman–Crippen MR) is 119 cm³/mol. The second-order valence-electron chi connectivity index (χ2n) is 9.58. The van der Waals surface area contributed by atoms with Gasteiger partial charge in [0.2, 0.25) is 5.88 Å². The Balaban J connectivity index is 1.43. The molecule has 2 aliphatic carbocycles. The summed E-state index contributed by atoms with van der Waals surface area (Å²) in [5.74, 6) is 1.35. The first kappa shape index (κ1) is 21.3. The Hall–Kier alpha value is -1.89. The molecular weight excluding hydrogens is 398 g/mol. The van der Waals surface area contributed by atoms with E-state index in [0.717, 1.165) is 54.6 Å². The third-order valence-electron chi connectivity index (χ3n) is 6.34. The van der Waals surface area contributed by atoms with Crippen molar-refractivity contribution in [1.29, 1.82) is 0 Å². The van der Waals surface area contributed by atoms with Crippen LogP contribution in [0.3, 0.4) is 0 Å². The zero-order valence-corrected chi connectivity index (χ0v) is 19.6. The highest BCUT2D eigenvalue weighted by atomic mass is 32.1. The lowest BCUT2D eigenvalue weighted by molar-refractivity contribution is 0.0138. The number of rotatable bonds is 4. The maximum absolute atomic E-state index is 12.4. The SMILES string of the molecule is CCC1CCc2sc3ncnc(OC4CCC(N(C)C(=O)OC(C)(C)C)CC4)c3c21. The topological polar surface area (TPSA) is 64.6 Å². The molecular formula is C23H33N3O3S. The van der Waals surface area contributed by atoms with Crippen LogP contribution < -0.4 is 4.74 Å². The van der Waals surface area contributed by atoms with E-state index in [2.05, 4.69) is 16.9 Å². The molecule has 6 nitrogen and oxygen atoms in total. The van der Waals surface area contributed by atoms with E-state index in [9.17, 15) is 4.79 Å². The van der Waals surface area contributed by atoms with Gasteiger partial charge in [0.15, 0.2) is 0 Å². The van der Waals surface area contributed by atoms with Crippen LogP contribution in [0.15, 0.2) is 6.33 Å². The highest BCUT2D eigenvalue weighted by Gasteiger charge is 2.32. The summed E-state index contributed by atoms with van der Waals surface area (Å²) >= 11 is 1.80. The molecule has 2 heterocycles. The summed E-state index contributed by atoms with van der Waals surface area (Å²) in [6.07, 6.45) is 8.68. The Morgan fingerprint density at radius 2 is 1.93 bits per heavy atom. The Morgan fingerprint density at radius 1 is 1.20 bits per heavy atom. The van der Waals surface area contributed by atoms with Crippen molar-refractivity contribution < 1.29 is 14.3 Å². The van der Waals surface area contributed by atoms with E-state index >= 15 is 0 Å². The number of hydrogen-bond donors (Lipinski definition) is 0. The third-order valence-corrected chi connectivity index (χ3v) is 7.51. The molecule has 1 atom stereocenters. The molecule has 0 radical (unpaired) electrons. The number of aryl methyl sites for hydroxylation is 1. The molecule has 1 amide bonds. The lowest BCUT2D eigenvalue weighted by Gasteiger charge is -2.35. The third kappa shape index (κ3) is 4.27. The van der Waals surface area contributed by atoms with Crippen LogP contribution in [0.1, 0.15) is 82.6 Å². The maximum atomic E-state index is 12.4. The Morgan fingerprint density at radius 3 is 2.60 bits per heavy atom. The quantitative estimate of drug-likeness (QED) is 0.622. The van der Waals surface area contributed by atoms with E-state index in [1.807, 2.05) is 27.8 Å². The van der Waals surface area contributed by atoms with Crippen molar-refractivity contribution in [1.82, 2.24) is 14.9 Å². The summed E-state index contributed by atoms with van der Waals surface area (Å²) in [4.78, 5) is 25.7. The van der Waals surface area contributed by atoms with Crippen molar-refractivity contribution in [2.45, 2.75) is 96.3 Å². The van der Waals surface area contributed by atoms with Gasteiger partial charge < -0.3 is 14.4 Å². The largest absolute Gasteiger partial charge is 0.474 e. The van der Waals surface area contributed by atoms with Crippen LogP contribution in [0.25, 0.3) is 10.2 Å². The Bertz CT molecular complexity index is 912. The number of amides is 1. The van der Waals surface area contributed by atoms with Crippen LogP contribution in [0.5, 0.6) is 5.88 Å². The van der Waals surface area contributed by atoms with Crippen molar-refractivity contribution in [2.24, 2.45) is 0 Å². The molecule has 0 aromatic carbocycles. The van der Waals surface area contributed by atoms with Gasteiger partial charge in [-0.25, -0.2) is 14.8 Å². The number of nitrogens with zero attached hydrogens (tertiary/aromatic N) is 3. The Kier molecular flexibility index (Phi) is 5.93. The first-order chi connectivity index (χ1) is 14.3. The molecule has 2 aromatic rings. The van der Waals surface area contributed by atoms with Gasteiger partial charge in [-0.15, -0.1) is 11.3 Å². The van der Waals surface area contributed by atoms with E-state index in [0.29, 0.717) is 5.92 Å². The number of carbonyl (C=O) groups is 1. The minimum Gasteiger partial charge on any atom is -0.474 e. The summed E-state index contributed by atoms with van der Waals surface area (Å²) < 4.78 is 12.0. The van der Waals surface area contributed by atoms with Crippen molar-refractivity contribution in [3.05, 3.63) is 16.8 Å². The van der Waals surface area contributed by atoms with E-state index in [4.69, 9.17) is 9.47 Å². The van der Waals surface area contributed by atoms with Crippen LogP contribution in [0.2, 0.25) is 0 Å². The molecule has 1 saturated carbocycles. The number of carbonyl (C=O) groups excluding carboxylic acids is 1. The average Bonchev–Trinajstić information content (AvgIpc) is 3.26. The fourth-order valence-electron chi connectivity index (χ4n) is 4.73. The second kappa shape index (κ2) is 8.33. The summed E-state index contributed by atoms with van der Waals surface area (Å²) in [6.45, 7) is 7.96. The number of hydrogen-bond acceptors (Lipinski definition) is 6. The average molecular weight is 432 g/mol. The molecule has 164 valence electrons. The van der Waals surface area contributed by atoms with Crippen molar-refractivity contribution in [3.63, 3.8) is 0 Å². The van der Waals surface area contributed by atoms with Crippen LogP contribution in [-0.2, 0) is 11.2 Å². The van der Waals surface area contributed by atoms with Gasteiger partial charge in [-0.2, -0.15) is 0 Å². The zero-order valence-electron chi connectivity index (χ0n) is 18.7. The van der Waals surface area contributed by atoms with E-state index in [1.165, 1.54) is 16.9 Å². The molecule has 2 aromatic heterocycles. The van der Waals surface area contributed by atoms with E-state index in [1.54, 1.807) is 22.6 Å². The van der Waals surface area contributed by atoms with Crippen molar-refractivity contribution in [3.8, 4) is 5.88 Å². The van der Waals surface area contributed by atoms with Crippen LogP contribution >= 0.6 is 11.3 Å². The predicted octanol–water partition coefficient (Wildman–Crippen LogP) is 5.69. The normalized spacial score (nSPS) is 24.0. The summed E-state index contributed by atoms with van der Waals surface area (Å²) in [7, 11) is 1.84. The molecule has 0 spiro atoms. The van der Waals surface area contributed by atoms with Crippen LogP contribution in [-0.4, -0.2) is 45.8 Å². The van der Waals surface area contributed by atoms with E-state index < -0.39 is 5.60 Å². The molecule has 0 bridgehead atoms. The number of thiophene rings is 1. The molecule has 1 unspecified atom stereocenters. The monoisotopic (exact) mass is 431 g/mol. The number of fused-ring (bicyclic) bond motifs is 3.